The summed E-state index contributed by atoms with van der Waals surface area (Å²) in [5.74, 6) is 6.06. The van der Waals surface area contributed by atoms with Gasteiger partial charge in [0.1, 0.15) is 0 Å². The van der Waals surface area contributed by atoms with Crippen LogP contribution in [0.5, 0.6) is 0 Å². The highest BCUT2D eigenvalue weighted by atomic mass is 79.9. The zero-order valence-corrected chi connectivity index (χ0v) is 13.2. The largest absolute Gasteiger partial charge is 0.310 e. The number of hydrogen-bond acceptors (Lipinski definition) is 1. The molecule has 0 aliphatic heterocycles. The molecule has 0 saturated carbocycles. The second-order valence-electron chi connectivity index (χ2n) is 4.14. The monoisotopic (exact) mass is 327 g/mol. The van der Waals surface area contributed by atoms with Crippen molar-refractivity contribution in [3.63, 3.8) is 0 Å². The molecule has 0 bridgehead atoms. The van der Waals surface area contributed by atoms with E-state index in [1.165, 1.54) is 5.56 Å². The molecule has 1 aromatic carbocycles. The van der Waals surface area contributed by atoms with Gasteiger partial charge in [-0.15, -0.1) is 11.8 Å². The van der Waals surface area contributed by atoms with E-state index in [-0.39, 0.29) is 0 Å². The van der Waals surface area contributed by atoms with Crippen LogP contribution in [0.3, 0.4) is 0 Å². The van der Waals surface area contributed by atoms with Crippen LogP contribution < -0.4 is 5.32 Å². The van der Waals surface area contributed by atoms with Gasteiger partial charge in [-0.05, 0) is 50.1 Å². The molecule has 18 heavy (non-hydrogen) atoms. The molecular formula is C15H19BrClN. The first-order valence-electron chi connectivity index (χ1n) is 6.27. The topological polar surface area (TPSA) is 12.0 Å². The van der Waals surface area contributed by atoms with Crippen LogP contribution in [0.2, 0.25) is 5.02 Å². The summed E-state index contributed by atoms with van der Waals surface area (Å²) in [7, 11) is 0. The predicted molar refractivity (Wildman–Crippen MR) is 82.9 cm³/mol. The summed E-state index contributed by atoms with van der Waals surface area (Å²) < 4.78 is 1.10. The van der Waals surface area contributed by atoms with Gasteiger partial charge < -0.3 is 5.32 Å². The second kappa shape index (κ2) is 8.58. The Balaban J connectivity index is 2.84. The molecule has 0 radical (unpaired) electrons. The Bertz CT molecular complexity index is 434. The smallest absolute Gasteiger partial charge is 0.0410 e. The van der Waals surface area contributed by atoms with Gasteiger partial charge in [0.2, 0.25) is 0 Å². The number of halogens is 2. The Morgan fingerprint density at radius 1 is 1.44 bits per heavy atom. The van der Waals surface area contributed by atoms with Crippen molar-refractivity contribution < 1.29 is 0 Å². The van der Waals surface area contributed by atoms with Crippen molar-refractivity contribution in [3.05, 3.63) is 33.3 Å². The third kappa shape index (κ3) is 5.02. The van der Waals surface area contributed by atoms with Crippen molar-refractivity contribution >= 4 is 27.5 Å². The molecule has 0 amide bonds. The summed E-state index contributed by atoms with van der Waals surface area (Å²) in [6.07, 6.45) is 3.02. The van der Waals surface area contributed by atoms with Crippen LogP contribution in [0.1, 0.15) is 44.7 Å². The third-order valence-corrected chi connectivity index (χ3v) is 3.67. The minimum absolute atomic E-state index is 0.305. The summed E-state index contributed by atoms with van der Waals surface area (Å²) in [5, 5.41) is 4.33. The van der Waals surface area contributed by atoms with E-state index in [1.54, 1.807) is 0 Å². The molecule has 1 atom stereocenters. The Morgan fingerprint density at radius 2 is 2.22 bits per heavy atom. The fraction of sp³-hybridized carbons (Fsp3) is 0.467. The van der Waals surface area contributed by atoms with Gasteiger partial charge in [-0.1, -0.05) is 34.5 Å². The Kier molecular flexibility index (Phi) is 7.42. The molecule has 1 N–H and O–H groups in total. The van der Waals surface area contributed by atoms with Gasteiger partial charge in [0.15, 0.2) is 0 Å². The van der Waals surface area contributed by atoms with E-state index in [4.69, 9.17) is 11.6 Å². The Labute approximate surface area is 123 Å². The highest BCUT2D eigenvalue weighted by Crippen LogP contribution is 2.29. The van der Waals surface area contributed by atoms with Crippen molar-refractivity contribution in [2.75, 3.05) is 6.54 Å². The molecule has 0 saturated heterocycles. The fourth-order valence-corrected chi connectivity index (χ4v) is 2.51. The van der Waals surface area contributed by atoms with E-state index in [1.807, 2.05) is 25.1 Å². The molecule has 1 nitrogen and oxygen atoms in total. The molecule has 98 valence electrons. The van der Waals surface area contributed by atoms with E-state index in [0.717, 1.165) is 35.3 Å². The van der Waals surface area contributed by atoms with E-state index in [9.17, 15) is 0 Å². The zero-order chi connectivity index (χ0) is 13.4. The van der Waals surface area contributed by atoms with Crippen molar-refractivity contribution in [1.82, 2.24) is 5.32 Å². The van der Waals surface area contributed by atoms with Crippen molar-refractivity contribution in [1.29, 1.82) is 0 Å². The number of nitrogens with one attached hydrogen (secondary N) is 1. The minimum Gasteiger partial charge on any atom is -0.310 e. The molecule has 0 aromatic heterocycles. The van der Waals surface area contributed by atoms with Crippen molar-refractivity contribution in [2.24, 2.45) is 0 Å². The standard InChI is InChI=1S/C15H19BrClN/c1-3-5-6-7-15(18-10-4-2)13-11-12(17)8-9-14(13)16/h8-9,11,15,18H,4,6-7,10H2,1-2H3. The van der Waals surface area contributed by atoms with Crippen LogP contribution in [-0.2, 0) is 0 Å². The molecule has 0 heterocycles. The molecular weight excluding hydrogens is 310 g/mol. The summed E-state index contributed by atoms with van der Waals surface area (Å²) in [6.45, 7) is 5.05. The summed E-state index contributed by atoms with van der Waals surface area (Å²) in [4.78, 5) is 0. The van der Waals surface area contributed by atoms with Gasteiger partial charge in [-0.3, -0.25) is 0 Å². The number of benzene rings is 1. The van der Waals surface area contributed by atoms with Crippen LogP contribution in [-0.4, -0.2) is 6.54 Å². The van der Waals surface area contributed by atoms with Crippen LogP contribution >= 0.6 is 27.5 Å². The van der Waals surface area contributed by atoms with Crippen LogP contribution in [0.25, 0.3) is 0 Å². The third-order valence-electron chi connectivity index (χ3n) is 2.71. The van der Waals surface area contributed by atoms with Crippen LogP contribution in [0.4, 0.5) is 0 Å². The first-order chi connectivity index (χ1) is 8.69. The van der Waals surface area contributed by atoms with E-state index in [0.29, 0.717) is 6.04 Å². The Hall–Kier alpha value is -0.490. The van der Waals surface area contributed by atoms with Crippen LogP contribution in [0, 0.1) is 11.8 Å². The molecule has 0 spiro atoms. The second-order valence-corrected chi connectivity index (χ2v) is 5.43. The maximum atomic E-state index is 6.08. The highest BCUT2D eigenvalue weighted by molar-refractivity contribution is 9.10. The molecule has 0 aliphatic rings. The minimum atomic E-state index is 0.305. The lowest BCUT2D eigenvalue weighted by Gasteiger charge is -2.19. The normalized spacial score (nSPS) is 11.8. The van der Waals surface area contributed by atoms with Gasteiger partial charge in [-0.2, -0.15) is 0 Å². The highest BCUT2D eigenvalue weighted by Gasteiger charge is 2.13. The molecule has 0 fully saturated rings. The van der Waals surface area contributed by atoms with Gasteiger partial charge in [0.05, 0.1) is 0 Å². The average molecular weight is 329 g/mol. The first kappa shape index (κ1) is 15.6. The molecule has 1 rings (SSSR count). The summed E-state index contributed by atoms with van der Waals surface area (Å²) in [6, 6.07) is 6.24. The van der Waals surface area contributed by atoms with Gasteiger partial charge in [-0.25, -0.2) is 0 Å². The van der Waals surface area contributed by atoms with Gasteiger partial charge >= 0.3 is 0 Å². The lowest BCUT2D eigenvalue weighted by Crippen LogP contribution is -2.22. The molecule has 1 aromatic rings. The van der Waals surface area contributed by atoms with E-state index >= 15 is 0 Å². The van der Waals surface area contributed by atoms with E-state index in [2.05, 4.69) is 40.0 Å². The van der Waals surface area contributed by atoms with E-state index < -0.39 is 0 Å². The lowest BCUT2D eigenvalue weighted by molar-refractivity contribution is 0.504. The quantitative estimate of drug-likeness (QED) is 0.729. The summed E-state index contributed by atoms with van der Waals surface area (Å²) >= 11 is 9.68. The number of hydrogen-bond donors (Lipinski definition) is 1. The SMILES string of the molecule is CC#CCCC(NCCC)c1cc(Cl)ccc1Br. The maximum absolute atomic E-state index is 6.08. The Morgan fingerprint density at radius 3 is 2.89 bits per heavy atom. The molecule has 1 unspecified atom stereocenters. The lowest BCUT2D eigenvalue weighted by atomic mass is 10.0. The van der Waals surface area contributed by atoms with Crippen molar-refractivity contribution in [2.45, 2.75) is 39.2 Å². The fourth-order valence-electron chi connectivity index (χ4n) is 1.81. The van der Waals surface area contributed by atoms with Crippen molar-refractivity contribution in [3.8, 4) is 11.8 Å². The molecule has 3 heteroatoms. The van der Waals surface area contributed by atoms with Gasteiger partial charge in [0, 0.05) is 22.0 Å². The average Bonchev–Trinajstić information content (AvgIpc) is 2.37. The van der Waals surface area contributed by atoms with Gasteiger partial charge in [0.25, 0.3) is 0 Å². The maximum Gasteiger partial charge on any atom is 0.0410 e. The predicted octanol–water partition coefficient (Wildman–Crippen LogP) is 4.95. The molecule has 0 aliphatic carbocycles. The van der Waals surface area contributed by atoms with Crippen LogP contribution in [0.15, 0.2) is 22.7 Å². The summed E-state index contributed by atoms with van der Waals surface area (Å²) in [5.41, 5.74) is 1.22. The first-order valence-corrected chi connectivity index (χ1v) is 7.44. The number of rotatable bonds is 6. The zero-order valence-electron chi connectivity index (χ0n) is 10.9.